The highest BCUT2D eigenvalue weighted by molar-refractivity contribution is 5.80. The summed E-state index contributed by atoms with van der Waals surface area (Å²) in [7, 11) is 1.86. The molecule has 1 aromatic rings. The van der Waals surface area contributed by atoms with Gasteiger partial charge in [-0.05, 0) is 42.7 Å². The Kier molecular flexibility index (Phi) is 7.32. The Balaban J connectivity index is 1.52. The fourth-order valence-electron chi connectivity index (χ4n) is 3.86. The number of aliphatic imine (C=N–C) groups is 1. The number of nitrogens with zero attached hydrogens (tertiary/aromatic N) is 2. The van der Waals surface area contributed by atoms with Crippen LogP contribution in [0, 0.1) is 5.92 Å². The number of hydrogen-bond donors (Lipinski definition) is 2. The van der Waals surface area contributed by atoms with Crippen LogP contribution in [-0.4, -0.2) is 50.3 Å². The molecule has 1 aliphatic heterocycles. The Bertz CT molecular complexity index is 575. The molecule has 26 heavy (non-hydrogen) atoms. The summed E-state index contributed by atoms with van der Waals surface area (Å²) in [4.78, 5) is 6.90. The third-order valence-corrected chi connectivity index (χ3v) is 5.64. The number of ether oxygens (including phenoxy) is 1. The Morgan fingerprint density at radius 2 is 1.81 bits per heavy atom. The van der Waals surface area contributed by atoms with Gasteiger partial charge in [-0.25, -0.2) is 0 Å². The van der Waals surface area contributed by atoms with Crippen LogP contribution in [0.3, 0.4) is 0 Å². The minimum absolute atomic E-state index is 0.556. The van der Waals surface area contributed by atoms with Gasteiger partial charge in [0.2, 0.25) is 0 Å². The van der Waals surface area contributed by atoms with Gasteiger partial charge in [0.25, 0.3) is 0 Å². The molecule has 0 amide bonds. The van der Waals surface area contributed by atoms with Crippen molar-refractivity contribution in [3.05, 3.63) is 35.4 Å². The standard InChI is InChI=1S/C21H34N4O/c1-17-7-9-20(10-8-17)24-21(22-2)23-15-18-5-3-4-6-19(18)16-25-11-13-26-14-12-25/h3-6,17,20H,7-16H2,1-2H3,(H2,22,23,24). The van der Waals surface area contributed by atoms with E-state index in [0.717, 1.165) is 51.3 Å². The third-order valence-electron chi connectivity index (χ3n) is 5.64. The molecule has 1 saturated heterocycles. The molecule has 1 heterocycles. The van der Waals surface area contributed by atoms with Crippen LogP contribution in [-0.2, 0) is 17.8 Å². The van der Waals surface area contributed by atoms with Crippen molar-refractivity contribution in [3.63, 3.8) is 0 Å². The van der Waals surface area contributed by atoms with Crippen molar-refractivity contribution in [2.75, 3.05) is 33.4 Å². The minimum Gasteiger partial charge on any atom is -0.379 e. The van der Waals surface area contributed by atoms with Gasteiger partial charge in [-0.3, -0.25) is 9.89 Å². The van der Waals surface area contributed by atoms with Gasteiger partial charge in [-0.15, -0.1) is 0 Å². The Hall–Kier alpha value is -1.59. The van der Waals surface area contributed by atoms with E-state index in [-0.39, 0.29) is 0 Å². The summed E-state index contributed by atoms with van der Waals surface area (Å²) >= 11 is 0. The summed E-state index contributed by atoms with van der Waals surface area (Å²) in [5.41, 5.74) is 2.74. The van der Waals surface area contributed by atoms with Crippen molar-refractivity contribution in [3.8, 4) is 0 Å². The molecule has 2 aliphatic rings. The first-order valence-corrected chi connectivity index (χ1v) is 10.1. The van der Waals surface area contributed by atoms with E-state index in [4.69, 9.17) is 4.74 Å². The van der Waals surface area contributed by atoms with Crippen molar-refractivity contribution in [1.82, 2.24) is 15.5 Å². The molecule has 5 heteroatoms. The molecular weight excluding hydrogens is 324 g/mol. The summed E-state index contributed by atoms with van der Waals surface area (Å²) < 4.78 is 5.46. The first-order valence-electron chi connectivity index (χ1n) is 10.1. The van der Waals surface area contributed by atoms with Crippen LogP contribution in [0.15, 0.2) is 29.3 Å². The van der Waals surface area contributed by atoms with Gasteiger partial charge < -0.3 is 15.4 Å². The minimum atomic E-state index is 0.556. The van der Waals surface area contributed by atoms with E-state index in [9.17, 15) is 0 Å². The maximum Gasteiger partial charge on any atom is 0.191 e. The SMILES string of the molecule is CN=C(NCc1ccccc1CN1CCOCC1)NC1CCC(C)CC1. The van der Waals surface area contributed by atoms with Gasteiger partial charge in [0.1, 0.15) is 0 Å². The van der Waals surface area contributed by atoms with Crippen LogP contribution in [0.25, 0.3) is 0 Å². The smallest absolute Gasteiger partial charge is 0.191 e. The monoisotopic (exact) mass is 358 g/mol. The fourth-order valence-corrected chi connectivity index (χ4v) is 3.86. The number of guanidine groups is 1. The molecule has 1 saturated carbocycles. The molecule has 1 aromatic carbocycles. The average molecular weight is 359 g/mol. The van der Waals surface area contributed by atoms with Crippen molar-refractivity contribution in [2.45, 2.75) is 51.7 Å². The van der Waals surface area contributed by atoms with E-state index in [1.165, 1.54) is 36.8 Å². The van der Waals surface area contributed by atoms with Crippen molar-refractivity contribution in [2.24, 2.45) is 10.9 Å². The molecular formula is C21H34N4O. The molecule has 0 radical (unpaired) electrons. The maximum atomic E-state index is 5.46. The summed E-state index contributed by atoms with van der Waals surface area (Å²) in [6.45, 7) is 7.88. The molecule has 5 nitrogen and oxygen atoms in total. The number of benzene rings is 1. The first-order chi connectivity index (χ1) is 12.7. The highest BCUT2D eigenvalue weighted by Crippen LogP contribution is 2.23. The molecule has 0 bridgehead atoms. The number of hydrogen-bond acceptors (Lipinski definition) is 3. The molecule has 2 N–H and O–H groups in total. The van der Waals surface area contributed by atoms with Gasteiger partial charge >= 0.3 is 0 Å². The first kappa shape index (κ1) is 19.2. The predicted octanol–water partition coefficient (Wildman–Crippen LogP) is 2.76. The normalized spacial score (nSPS) is 25.1. The highest BCUT2D eigenvalue weighted by atomic mass is 16.5. The third kappa shape index (κ3) is 5.71. The van der Waals surface area contributed by atoms with Gasteiger partial charge in [0.05, 0.1) is 13.2 Å². The summed E-state index contributed by atoms with van der Waals surface area (Å²) in [6.07, 6.45) is 5.12. The molecule has 1 aliphatic carbocycles. The Labute approximate surface area is 158 Å². The van der Waals surface area contributed by atoms with Gasteiger partial charge in [0, 0.05) is 39.3 Å². The second-order valence-corrected chi connectivity index (χ2v) is 7.68. The lowest BCUT2D eigenvalue weighted by atomic mass is 9.87. The fraction of sp³-hybridized carbons (Fsp3) is 0.667. The lowest BCUT2D eigenvalue weighted by Gasteiger charge is -2.29. The second kappa shape index (κ2) is 9.93. The highest BCUT2D eigenvalue weighted by Gasteiger charge is 2.19. The molecule has 144 valence electrons. The summed E-state index contributed by atoms with van der Waals surface area (Å²) in [5, 5.41) is 7.13. The second-order valence-electron chi connectivity index (χ2n) is 7.68. The molecule has 0 unspecified atom stereocenters. The van der Waals surface area contributed by atoms with Crippen molar-refractivity contribution in [1.29, 1.82) is 0 Å². The van der Waals surface area contributed by atoms with Gasteiger partial charge in [-0.2, -0.15) is 0 Å². The number of nitrogens with one attached hydrogen (secondary N) is 2. The van der Waals surface area contributed by atoms with E-state index in [2.05, 4.69) is 51.7 Å². The number of rotatable bonds is 5. The zero-order valence-electron chi connectivity index (χ0n) is 16.3. The van der Waals surface area contributed by atoms with E-state index >= 15 is 0 Å². The van der Waals surface area contributed by atoms with Crippen LogP contribution in [0.2, 0.25) is 0 Å². The lowest BCUT2D eigenvalue weighted by Crippen LogP contribution is -2.44. The maximum absolute atomic E-state index is 5.46. The quantitative estimate of drug-likeness (QED) is 0.628. The van der Waals surface area contributed by atoms with E-state index in [1.807, 2.05) is 7.05 Å². The number of morpholine rings is 1. The van der Waals surface area contributed by atoms with Crippen LogP contribution < -0.4 is 10.6 Å². The largest absolute Gasteiger partial charge is 0.379 e. The Morgan fingerprint density at radius 3 is 2.50 bits per heavy atom. The summed E-state index contributed by atoms with van der Waals surface area (Å²) in [6, 6.07) is 9.28. The molecule has 0 atom stereocenters. The zero-order chi connectivity index (χ0) is 18.2. The van der Waals surface area contributed by atoms with Crippen LogP contribution in [0.5, 0.6) is 0 Å². The summed E-state index contributed by atoms with van der Waals surface area (Å²) in [5.74, 6) is 1.79. The molecule has 3 rings (SSSR count). The van der Waals surface area contributed by atoms with Crippen molar-refractivity contribution >= 4 is 5.96 Å². The molecule has 0 spiro atoms. The van der Waals surface area contributed by atoms with Crippen molar-refractivity contribution < 1.29 is 4.74 Å². The average Bonchev–Trinajstić information content (AvgIpc) is 2.68. The van der Waals surface area contributed by atoms with E-state index in [1.54, 1.807) is 0 Å². The zero-order valence-corrected chi connectivity index (χ0v) is 16.3. The molecule has 0 aromatic heterocycles. The van der Waals surface area contributed by atoms with E-state index in [0.29, 0.717) is 6.04 Å². The van der Waals surface area contributed by atoms with Gasteiger partial charge in [-0.1, -0.05) is 31.2 Å². The molecule has 2 fully saturated rings. The van der Waals surface area contributed by atoms with Crippen LogP contribution in [0.1, 0.15) is 43.7 Å². The van der Waals surface area contributed by atoms with E-state index < -0.39 is 0 Å². The lowest BCUT2D eigenvalue weighted by molar-refractivity contribution is 0.0341. The predicted molar refractivity (Wildman–Crippen MR) is 107 cm³/mol. The Morgan fingerprint density at radius 1 is 1.12 bits per heavy atom. The van der Waals surface area contributed by atoms with Crippen LogP contribution in [0.4, 0.5) is 0 Å². The van der Waals surface area contributed by atoms with Crippen LogP contribution >= 0.6 is 0 Å². The van der Waals surface area contributed by atoms with Gasteiger partial charge in [0.15, 0.2) is 5.96 Å². The topological polar surface area (TPSA) is 48.9 Å².